The Morgan fingerprint density at radius 1 is 1.28 bits per heavy atom. The molecule has 2 N–H and O–H groups in total. The maximum Gasteiger partial charge on any atom is 0.248 e. The Morgan fingerprint density at radius 2 is 1.96 bits per heavy atom. The SMILES string of the molecule is CC(=O)c1ccc(C(N)=O)cc1C1(C)CCN(CC2CC2)[C@H](C)[C@@H]1C. The van der Waals surface area contributed by atoms with Crippen molar-refractivity contribution in [3.8, 4) is 0 Å². The van der Waals surface area contributed by atoms with Gasteiger partial charge >= 0.3 is 0 Å². The summed E-state index contributed by atoms with van der Waals surface area (Å²) in [5, 5.41) is 0. The van der Waals surface area contributed by atoms with E-state index in [-0.39, 0.29) is 11.2 Å². The molecule has 1 amide bonds. The first-order valence-electron chi connectivity index (χ1n) is 9.43. The van der Waals surface area contributed by atoms with Crippen LogP contribution in [0.4, 0.5) is 0 Å². The lowest BCUT2D eigenvalue weighted by atomic mass is 9.63. The van der Waals surface area contributed by atoms with E-state index in [1.165, 1.54) is 19.4 Å². The van der Waals surface area contributed by atoms with Crippen molar-refractivity contribution >= 4 is 11.7 Å². The Kier molecular flexibility index (Phi) is 4.76. The molecule has 1 unspecified atom stereocenters. The molecule has 1 aliphatic heterocycles. The van der Waals surface area contributed by atoms with Crippen LogP contribution in [0.2, 0.25) is 0 Å². The van der Waals surface area contributed by atoms with Crippen molar-refractivity contribution in [3.05, 3.63) is 34.9 Å². The standard InChI is InChI=1S/C21H30N2O2/c1-13-14(2)23(12-16-5-6-16)10-9-21(13,4)19-11-17(20(22)25)7-8-18(19)15(3)24/h7-8,11,13-14,16H,5-6,9-10,12H2,1-4H3,(H2,22,25)/t13-,14+,21?/m0/s1. The highest BCUT2D eigenvalue weighted by atomic mass is 16.1. The Bertz CT molecular complexity index is 695. The molecule has 2 aliphatic rings. The second-order valence-corrected chi connectivity index (χ2v) is 8.32. The van der Waals surface area contributed by atoms with Crippen LogP contribution in [0, 0.1) is 11.8 Å². The molecule has 136 valence electrons. The first kappa shape index (κ1) is 18.1. The maximum absolute atomic E-state index is 12.2. The van der Waals surface area contributed by atoms with E-state index in [2.05, 4.69) is 25.7 Å². The van der Waals surface area contributed by atoms with Crippen molar-refractivity contribution in [1.29, 1.82) is 0 Å². The van der Waals surface area contributed by atoms with E-state index in [9.17, 15) is 9.59 Å². The second-order valence-electron chi connectivity index (χ2n) is 8.32. The highest BCUT2D eigenvalue weighted by Crippen LogP contribution is 2.45. The highest BCUT2D eigenvalue weighted by Gasteiger charge is 2.44. The number of piperidine rings is 1. The molecule has 0 bridgehead atoms. The van der Waals surface area contributed by atoms with Crippen LogP contribution in [0.5, 0.6) is 0 Å². The molecule has 4 nitrogen and oxygen atoms in total. The van der Waals surface area contributed by atoms with Crippen molar-refractivity contribution in [1.82, 2.24) is 4.90 Å². The molecule has 3 rings (SSSR count). The van der Waals surface area contributed by atoms with Crippen LogP contribution in [-0.4, -0.2) is 35.7 Å². The first-order chi connectivity index (χ1) is 11.7. The molecule has 0 radical (unpaired) electrons. The zero-order valence-electron chi connectivity index (χ0n) is 15.8. The minimum atomic E-state index is -0.438. The third-order valence-electron chi connectivity index (χ3n) is 6.71. The van der Waals surface area contributed by atoms with Gasteiger partial charge in [-0.15, -0.1) is 0 Å². The van der Waals surface area contributed by atoms with Gasteiger partial charge in [-0.3, -0.25) is 9.59 Å². The number of benzene rings is 1. The first-order valence-corrected chi connectivity index (χ1v) is 9.43. The average Bonchev–Trinajstić information content (AvgIpc) is 3.39. The Hall–Kier alpha value is -1.68. The van der Waals surface area contributed by atoms with Crippen LogP contribution >= 0.6 is 0 Å². The summed E-state index contributed by atoms with van der Waals surface area (Å²) < 4.78 is 0. The quantitative estimate of drug-likeness (QED) is 0.834. The van der Waals surface area contributed by atoms with Gasteiger partial charge in [0.05, 0.1) is 0 Å². The van der Waals surface area contributed by atoms with Crippen LogP contribution in [0.1, 0.15) is 73.2 Å². The maximum atomic E-state index is 12.2. The van der Waals surface area contributed by atoms with Crippen LogP contribution in [-0.2, 0) is 5.41 Å². The summed E-state index contributed by atoms with van der Waals surface area (Å²) in [5.74, 6) is 0.880. The van der Waals surface area contributed by atoms with Crippen molar-refractivity contribution in [2.24, 2.45) is 17.6 Å². The van der Waals surface area contributed by atoms with E-state index in [1.807, 2.05) is 6.07 Å². The van der Waals surface area contributed by atoms with Gasteiger partial charge in [0.25, 0.3) is 0 Å². The van der Waals surface area contributed by atoms with Gasteiger partial charge in [0.1, 0.15) is 0 Å². The van der Waals surface area contributed by atoms with Crippen LogP contribution in [0.3, 0.4) is 0 Å². The highest BCUT2D eigenvalue weighted by molar-refractivity contribution is 5.99. The number of carbonyl (C=O) groups excluding carboxylic acids is 2. The molecule has 0 spiro atoms. The van der Waals surface area contributed by atoms with Crippen molar-refractivity contribution < 1.29 is 9.59 Å². The Morgan fingerprint density at radius 3 is 2.52 bits per heavy atom. The van der Waals surface area contributed by atoms with Crippen molar-refractivity contribution in [2.45, 2.75) is 58.4 Å². The van der Waals surface area contributed by atoms with Gasteiger partial charge in [0, 0.05) is 23.7 Å². The molecule has 1 saturated carbocycles. The summed E-state index contributed by atoms with van der Waals surface area (Å²) in [6.45, 7) is 10.7. The van der Waals surface area contributed by atoms with Gasteiger partial charge in [-0.1, -0.05) is 19.9 Å². The summed E-state index contributed by atoms with van der Waals surface area (Å²) in [6.07, 6.45) is 3.72. The predicted octanol–water partition coefficient (Wildman–Crippen LogP) is 3.39. The number of Topliss-reactive ketones (excluding diaryl/α,β-unsaturated/α-hetero) is 1. The largest absolute Gasteiger partial charge is 0.366 e. The minimum Gasteiger partial charge on any atom is -0.366 e. The number of nitrogens with two attached hydrogens (primary N) is 1. The summed E-state index contributed by atoms with van der Waals surface area (Å²) >= 11 is 0. The zero-order valence-corrected chi connectivity index (χ0v) is 15.8. The topological polar surface area (TPSA) is 63.4 Å². The lowest BCUT2D eigenvalue weighted by Gasteiger charge is -2.50. The smallest absolute Gasteiger partial charge is 0.248 e. The molecule has 1 aliphatic carbocycles. The van der Waals surface area contributed by atoms with Gasteiger partial charge < -0.3 is 10.6 Å². The average molecular weight is 342 g/mol. The number of hydrogen-bond acceptors (Lipinski definition) is 3. The van der Waals surface area contributed by atoms with E-state index >= 15 is 0 Å². The number of primary amides is 1. The fourth-order valence-electron chi connectivity index (χ4n) is 4.40. The lowest BCUT2D eigenvalue weighted by Crippen LogP contribution is -2.53. The van der Waals surface area contributed by atoms with E-state index in [1.54, 1.807) is 19.1 Å². The van der Waals surface area contributed by atoms with Gasteiger partial charge in [0.15, 0.2) is 5.78 Å². The Labute approximate surface area is 150 Å². The minimum absolute atomic E-state index is 0.0486. The monoisotopic (exact) mass is 342 g/mol. The summed E-state index contributed by atoms with van der Waals surface area (Å²) in [5.41, 5.74) is 7.56. The predicted molar refractivity (Wildman–Crippen MR) is 99.9 cm³/mol. The molecule has 1 aromatic rings. The summed E-state index contributed by atoms with van der Waals surface area (Å²) in [6, 6.07) is 5.76. The van der Waals surface area contributed by atoms with Crippen LogP contribution in [0.25, 0.3) is 0 Å². The van der Waals surface area contributed by atoms with E-state index in [0.29, 0.717) is 17.5 Å². The Balaban J connectivity index is 1.97. The zero-order chi connectivity index (χ0) is 18.4. The van der Waals surface area contributed by atoms with Gasteiger partial charge in [-0.05, 0) is 74.6 Å². The number of likely N-dealkylation sites (tertiary alicyclic amines) is 1. The van der Waals surface area contributed by atoms with Crippen LogP contribution < -0.4 is 5.73 Å². The molecule has 1 aromatic carbocycles. The van der Waals surface area contributed by atoms with Gasteiger partial charge in [-0.2, -0.15) is 0 Å². The van der Waals surface area contributed by atoms with E-state index < -0.39 is 5.91 Å². The number of carbonyl (C=O) groups is 2. The molecular weight excluding hydrogens is 312 g/mol. The molecule has 25 heavy (non-hydrogen) atoms. The fourth-order valence-corrected chi connectivity index (χ4v) is 4.40. The number of ketones is 1. The molecular formula is C21H30N2O2. The number of amides is 1. The van der Waals surface area contributed by atoms with Crippen molar-refractivity contribution in [2.75, 3.05) is 13.1 Å². The lowest BCUT2D eigenvalue weighted by molar-refractivity contribution is 0.0492. The third kappa shape index (κ3) is 3.37. The van der Waals surface area contributed by atoms with E-state index in [4.69, 9.17) is 5.73 Å². The summed E-state index contributed by atoms with van der Waals surface area (Å²) in [4.78, 5) is 26.5. The fraction of sp³-hybridized carbons (Fsp3) is 0.619. The van der Waals surface area contributed by atoms with Crippen molar-refractivity contribution in [3.63, 3.8) is 0 Å². The van der Waals surface area contributed by atoms with Gasteiger partial charge in [0.2, 0.25) is 5.91 Å². The molecule has 1 heterocycles. The molecule has 4 heteroatoms. The number of hydrogen-bond donors (Lipinski definition) is 1. The summed E-state index contributed by atoms with van der Waals surface area (Å²) in [7, 11) is 0. The third-order valence-corrected chi connectivity index (χ3v) is 6.71. The second kappa shape index (κ2) is 6.56. The molecule has 0 aromatic heterocycles. The molecule has 3 atom stereocenters. The van der Waals surface area contributed by atoms with Crippen LogP contribution in [0.15, 0.2) is 18.2 Å². The molecule has 1 saturated heterocycles. The normalized spacial score (nSPS) is 30.2. The van der Waals surface area contributed by atoms with E-state index in [0.717, 1.165) is 30.0 Å². The molecule has 2 fully saturated rings. The van der Waals surface area contributed by atoms with Gasteiger partial charge in [-0.25, -0.2) is 0 Å². The number of nitrogens with zero attached hydrogens (tertiary/aromatic N) is 1. The number of rotatable bonds is 5.